The summed E-state index contributed by atoms with van der Waals surface area (Å²) in [5.41, 5.74) is 12.5. The highest BCUT2D eigenvalue weighted by Crippen LogP contribution is 2.28. The molecule has 1 amide bonds. The first-order valence-electron chi connectivity index (χ1n) is 10.6. The molecule has 0 aromatic heterocycles. The molecule has 0 heterocycles. The monoisotopic (exact) mass is 417 g/mol. The fourth-order valence-electron chi connectivity index (χ4n) is 3.53. The van der Waals surface area contributed by atoms with Crippen molar-refractivity contribution in [2.24, 2.45) is 5.73 Å². The summed E-state index contributed by atoms with van der Waals surface area (Å²) in [7, 11) is 0. The van der Waals surface area contributed by atoms with Gasteiger partial charge in [0, 0.05) is 17.1 Å². The van der Waals surface area contributed by atoms with Crippen LogP contribution in [0.3, 0.4) is 0 Å². The lowest BCUT2D eigenvalue weighted by Crippen LogP contribution is -2.16. The van der Waals surface area contributed by atoms with Crippen molar-refractivity contribution in [2.75, 3.05) is 0 Å². The minimum absolute atomic E-state index is 0.0973. The zero-order valence-electron chi connectivity index (χ0n) is 19.5. The number of aryl methyl sites for hydroxylation is 1. The largest absolute Gasteiger partial charge is 0.366 e. The third-order valence-corrected chi connectivity index (χ3v) is 5.65. The molecule has 0 aliphatic heterocycles. The van der Waals surface area contributed by atoms with Gasteiger partial charge < -0.3 is 5.73 Å². The number of carbonyl (C=O) groups excluding carboxylic acids is 2. The summed E-state index contributed by atoms with van der Waals surface area (Å²) in [6, 6.07) is 8.06. The van der Waals surface area contributed by atoms with E-state index < -0.39 is 5.91 Å². The van der Waals surface area contributed by atoms with Crippen LogP contribution in [0.2, 0.25) is 0 Å². The Morgan fingerprint density at radius 3 is 2.23 bits per heavy atom. The van der Waals surface area contributed by atoms with Crippen molar-refractivity contribution in [1.29, 1.82) is 0 Å². The number of hydrogen-bond acceptors (Lipinski definition) is 2. The van der Waals surface area contributed by atoms with Crippen molar-refractivity contribution in [3.8, 4) is 0 Å². The number of nitrogens with two attached hydrogens (primary N) is 1. The molecule has 0 saturated carbocycles. The van der Waals surface area contributed by atoms with Crippen molar-refractivity contribution in [3.63, 3.8) is 0 Å². The third-order valence-electron chi connectivity index (χ3n) is 5.65. The predicted molar refractivity (Wildman–Crippen MR) is 132 cm³/mol. The molecule has 1 rings (SSSR count). The standard InChI is InChI=1S/C28H35NO2/c1-8-19(5)27(18-30)21(7)22(9-2)17-26(28(29)31)24(11-4)16-23(10-3)25-15-13-12-14-20(25)6/h10-18,23H,3-4,8-9H2,1-2,5-7H3,(H2,29,31)/b22-21+,24-16+,26-17-,27-19-. The lowest BCUT2D eigenvalue weighted by molar-refractivity contribution is -0.114. The van der Waals surface area contributed by atoms with Crippen molar-refractivity contribution < 1.29 is 9.59 Å². The Bertz CT molecular complexity index is 970. The molecule has 0 aliphatic rings. The first-order chi connectivity index (χ1) is 14.7. The maximum Gasteiger partial charge on any atom is 0.249 e. The minimum Gasteiger partial charge on any atom is -0.366 e. The van der Waals surface area contributed by atoms with Gasteiger partial charge in [-0.1, -0.05) is 68.5 Å². The molecule has 0 aliphatic carbocycles. The van der Waals surface area contributed by atoms with E-state index in [1.54, 1.807) is 12.2 Å². The molecule has 2 N–H and O–H groups in total. The highest BCUT2D eigenvalue weighted by molar-refractivity contribution is 5.98. The molecule has 0 saturated heterocycles. The van der Waals surface area contributed by atoms with Gasteiger partial charge in [-0.05, 0) is 67.5 Å². The van der Waals surface area contributed by atoms with E-state index in [9.17, 15) is 9.59 Å². The number of primary amides is 1. The Morgan fingerprint density at radius 1 is 1.13 bits per heavy atom. The van der Waals surface area contributed by atoms with Crippen molar-refractivity contribution >= 4 is 12.2 Å². The van der Waals surface area contributed by atoms with E-state index in [0.29, 0.717) is 23.1 Å². The van der Waals surface area contributed by atoms with Crippen LogP contribution in [0, 0.1) is 6.92 Å². The molecule has 3 nitrogen and oxygen atoms in total. The molecule has 0 fully saturated rings. The van der Waals surface area contributed by atoms with Crippen LogP contribution in [-0.4, -0.2) is 12.2 Å². The van der Waals surface area contributed by atoms with Crippen molar-refractivity contribution in [2.45, 2.75) is 53.4 Å². The number of carbonyl (C=O) groups is 2. The van der Waals surface area contributed by atoms with Gasteiger partial charge in [0.05, 0.1) is 0 Å². The third kappa shape index (κ3) is 6.65. The fraction of sp³-hybridized carbons (Fsp3) is 0.286. The quantitative estimate of drug-likeness (QED) is 0.195. The molecule has 0 spiro atoms. The zero-order chi connectivity index (χ0) is 23.6. The number of aldehydes is 1. The maximum absolute atomic E-state index is 12.4. The van der Waals surface area contributed by atoms with Gasteiger partial charge in [-0.25, -0.2) is 0 Å². The van der Waals surface area contributed by atoms with E-state index in [4.69, 9.17) is 5.73 Å². The van der Waals surface area contributed by atoms with Crippen molar-refractivity contribution in [3.05, 3.63) is 106 Å². The van der Waals surface area contributed by atoms with Crippen LogP contribution in [0.5, 0.6) is 0 Å². The number of allylic oxidation sites excluding steroid dienone is 8. The predicted octanol–water partition coefficient (Wildman–Crippen LogP) is 6.44. The first-order valence-corrected chi connectivity index (χ1v) is 10.6. The van der Waals surface area contributed by atoms with Crippen LogP contribution in [0.1, 0.15) is 57.6 Å². The molecule has 3 heteroatoms. The SMILES string of the molecule is C=CC(=C\C(C=C)c1ccccc1C)/C(=C/C(CC)=C(C)/C(C=O)=C(/C)CC)C(N)=O. The Morgan fingerprint density at radius 2 is 1.77 bits per heavy atom. The number of benzene rings is 1. The van der Waals surface area contributed by atoms with Crippen LogP contribution >= 0.6 is 0 Å². The Kier molecular flexibility index (Phi) is 10.4. The van der Waals surface area contributed by atoms with Gasteiger partial charge in [0.25, 0.3) is 0 Å². The summed E-state index contributed by atoms with van der Waals surface area (Å²) < 4.78 is 0. The second kappa shape index (κ2) is 12.5. The lowest BCUT2D eigenvalue weighted by Gasteiger charge is -2.15. The highest BCUT2D eigenvalue weighted by Gasteiger charge is 2.15. The Hall–Kier alpha value is -3.20. The lowest BCUT2D eigenvalue weighted by atomic mass is 9.89. The van der Waals surface area contributed by atoms with Gasteiger partial charge in [0.1, 0.15) is 6.29 Å². The van der Waals surface area contributed by atoms with Gasteiger partial charge in [-0.3, -0.25) is 9.59 Å². The molecule has 1 aromatic carbocycles. The van der Waals surface area contributed by atoms with E-state index in [2.05, 4.69) is 13.2 Å². The molecular formula is C28H35NO2. The van der Waals surface area contributed by atoms with E-state index in [0.717, 1.165) is 40.6 Å². The van der Waals surface area contributed by atoms with Crippen molar-refractivity contribution in [1.82, 2.24) is 0 Å². The summed E-state index contributed by atoms with van der Waals surface area (Å²) in [4.78, 5) is 24.1. The Labute approximate surface area is 187 Å². The normalized spacial score (nSPS) is 14.9. The molecule has 164 valence electrons. The van der Waals surface area contributed by atoms with Crippen LogP contribution < -0.4 is 5.73 Å². The second-order valence-electron chi connectivity index (χ2n) is 7.54. The van der Waals surface area contributed by atoms with E-state index in [1.165, 1.54) is 0 Å². The van der Waals surface area contributed by atoms with Gasteiger partial charge in [0.2, 0.25) is 5.91 Å². The average molecular weight is 418 g/mol. The molecule has 1 aromatic rings. The molecule has 0 radical (unpaired) electrons. The van der Waals surface area contributed by atoms with Crippen LogP contribution in [0.15, 0.2) is 95.2 Å². The molecule has 0 bridgehead atoms. The highest BCUT2D eigenvalue weighted by atomic mass is 16.1. The number of rotatable bonds is 11. The summed E-state index contributed by atoms with van der Waals surface area (Å²) in [5, 5.41) is 0. The zero-order valence-corrected chi connectivity index (χ0v) is 19.5. The maximum atomic E-state index is 12.4. The Balaban J connectivity index is 3.69. The number of amides is 1. The van der Waals surface area contributed by atoms with Crippen LogP contribution in [0.25, 0.3) is 0 Å². The minimum atomic E-state index is -0.540. The average Bonchev–Trinajstić information content (AvgIpc) is 2.76. The van der Waals surface area contributed by atoms with E-state index >= 15 is 0 Å². The van der Waals surface area contributed by atoms with Gasteiger partial charge in [-0.15, -0.1) is 6.58 Å². The first kappa shape index (κ1) is 25.8. The van der Waals surface area contributed by atoms with Crippen LogP contribution in [-0.2, 0) is 9.59 Å². The van der Waals surface area contributed by atoms with Gasteiger partial charge in [0.15, 0.2) is 0 Å². The molecule has 1 atom stereocenters. The summed E-state index contributed by atoms with van der Waals surface area (Å²) in [6.07, 6.45) is 9.54. The molecular weight excluding hydrogens is 382 g/mol. The molecule has 31 heavy (non-hydrogen) atoms. The molecule has 1 unspecified atom stereocenters. The van der Waals surface area contributed by atoms with Gasteiger partial charge in [-0.2, -0.15) is 0 Å². The van der Waals surface area contributed by atoms with E-state index in [-0.39, 0.29) is 5.92 Å². The summed E-state index contributed by atoms with van der Waals surface area (Å²) in [6.45, 7) is 17.8. The summed E-state index contributed by atoms with van der Waals surface area (Å²) >= 11 is 0. The number of hydrogen-bond donors (Lipinski definition) is 1. The smallest absolute Gasteiger partial charge is 0.249 e. The van der Waals surface area contributed by atoms with Gasteiger partial charge >= 0.3 is 0 Å². The fourth-order valence-corrected chi connectivity index (χ4v) is 3.53. The topological polar surface area (TPSA) is 60.2 Å². The van der Waals surface area contributed by atoms with E-state index in [1.807, 2.05) is 71.0 Å². The summed E-state index contributed by atoms with van der Waals surface area (Å²) in [5.74, 6) is -0.638. The second-order valence-corrected chi connectivity index (χ2v) is 7.54. The van der Waals surface area contributed by atoms with Crippen LogP contribution in [0.4, 0.5) is 0 Å².